The second-order valence-electron chi connectivity index (χ2n) is 3.98. The van der Waals surface area contributed by atoms with E-state index in [0.717, 1.165) is 25.7 Å². The molecule has 0 amide bonds. The molecule has 1 fully saturated rings. The Morgan fingerprint density at radius 1 is 1.31 bits per heavy atom. The quantitative estimate of drug-likeness (QED) is 0.657. The summed E-state index contributed by atoms with van der Waals surface area (Å²) in [5.74, 6) is 0. The van der Waals surface area contributed by atoms with E-state index in [1.54, 1.807) is 6.92 Å². The Morgan fingerprint density at radius 2 is 1.75 bits per heavy atom. The monoisotopic (exact) mass is 253 g/mol. The number of nitrogens with one attached hydrogen (secondary N) is 1. The van der Waals surface area contributed by atoms with Gasteiger partial charge < -0.3 is 5.11 Å². The van der Waals surface area contributed by atoms with Gasteiger partial charge in [0.05, 0.1) is 0 Å². The molecule has 0 saturated heterocycles. The van der Waals surface area contributed by atoms with Gasteiger partial charge in [-0.25, -0.2) is 0 Å². The Hall–Kier alpha value is -0.170. The fraction of sp³-hybridized carbons (Fsp3) is 1.00. The average molecular weight is 253 g/mol. The van der Waals surface area contributed by atoms with E-state index in [1.807, 2.05) is 0 Å². The number of rotatable bonds is 3. The second-order valence-corrected chi connectivity index (χ2v) is 5.71. The lowest BCUT2D eigenvalue weighted by Crippen LogP contribution is -2.41. The van der Waals surface area contributed by atoms with E-state index in [0.29, 0.717) is 0 Å². The number of hydrogen-bond donors (Lipinski definition) is 3. The molecule has 5 nitrogen and oxygen atoms in total. The minimum atomic E-state index is -3.91. The molecular formula is C10H23NO4S. The zero-order valence-corrected chi connectivity index (χ0v) is 10.8. The van der Waals surface area contributed by atoms with Crippen molar-refractivity contribution in [2.45, 2.75) is 57.4 Å². The molecule has 1 rings (SSSR count). The van der Waals surface area contributed by atoms with Crippen LogP contribution in [0.15, 0.2) is 0 Å². The molecule has 16 heavy (non-hydrogen) atoms. The van der Waals surface area contributed by atoms with Crippen molar-refractivity contribution >= 4 is 10.1 Å². The van der Waals surface area contributed by atoms with E-state index in [4.69, 9.17) is 9.66 Å². The molecule has 98 valence electrons. The van der Waals surface area contributed by atoms with Crippen molar-refractivity contribution in [1.82, 2.24) is 5.32 Å². The van der Waals surface area contributed by atoms with Gasteiger partial charge in [0.15, 0.2) is 0 Å². The molecule has 0 aromatic heterocycles. The normalized spacial score (nSPS) is 19.8. The molecule has 0 aromatic rings. The SMILES string of the molecule is CC(NC1CCCCC1)S(=O)(=O)O.CCO. The second kappa shape index (κ2) is 8.00. The third kappa shape index (κ3) is 7.16. The van der Waals surface area contributed by atoms with E-state index in [1.165, 1.54) is 13.3 Å². The summed E-state index contributed by atoms with van der Waals surface area (Å²) in [5, 5.41) is 9.65. The number of aliphatic hydroxyl groups is 1. The molecule has 1 atom stereocenters. The van der Waals surface area contributed by atoms with Crippen LogP contribution in [0.2, 0.25) is 0 Å². The molecule has 0 heterocycles. The van der Waals surface area contributed by atoms with Crippen LogP contribution in [0.1, 0.15) is 46.0 Å². The number of hydrogen-bond acceptors (Lipinski definition) is 4. The van der Waals surface area contributed by atoms with Gasteiger partial charge in [-0.15, -0.1) is 0 Å². The smallest absolute Gasteiger partial charge is 0.280 e. The van der Waals surface area contributed by atoms with Crippen molar-refractivity contribution < 1.29 is 18.1 Å². The van der Waals surface area contributed by atoms with Crippen molar-refractivity contribution in [2.75, 3.05) is 6.61 Å². The van der Waals surface area contributed by atoms with Crippen LogP contribution < -0.4 is 5.32 Å². The average Bonchev–Trinajstić information content (AvgIpc) is 2.19. The molecule has 1 unspecified atom stereocenters. The summed E-state index contributed by atoms with van der Waals surface area (Å²) in [6.07, 6.45) is 5.56. The van der Waals surface area contributed by atoms with Crippen molar-refractivity contribution in [3.05, 3.63) is 0 Å². The first-order chi connectivity index (χ1) is 7.41. The van der Waals surface area contributed by atoms with Gasteiger partial charge in [0.25, 0.3) is 10.1 Å². The molecule has 0 aromatic carbocycles. The third-order valence-electron chi connectivity index (χ3n) is 2.52. The predicted octanol–water partition coefficient (Wildman–Crippen LogP) is 1.14. The van der Waals surface area contributed by atoms with Crippen LogP contribution in [-0.4, -0.2) is 36.1 Å². The van der Waals surface area contributed by atoms with Gasteiger partial charge in [-0.2, -0.15) is 8.42 Å². The van der Waals surface area contributed by atoms with Crippen molar-refractivity contribution in [3.63, 3.8) is 0 Å². The Bertz CT molecular complexity index is 260. The predicted molar refractivity (Wildman–Crippen MR) is 63.8 cm³/mol. The van der Waals surface area contributed by atoms with E-state index >= 15 is 0 Å². The Kier molecular flexibility index (Phi) is 7.91. The maximum absolute atomic E-state index is 10.7. The summed E-state index contributed by atoms with van der Waals surface area (Å²) in [4.78, 5) is 0. The van der Waals surface area contributed by atoms with Gasteiger partial charge in [-0.05, 0) is 26.7 Å². The molecule has 0 aliphatic heterocycles. The molecule has 0 bridgehead atoms. The Balaban J connectivity index is 0.000000673. The van der Waals surface area contributed by atoms with Gasteiger partial charge in [0, 0.05) is 12.6 Å². The molecule has 1 saturated carbocycles. The van der Waals surface area contributed by atoms with Crippen LogP contribution >= 0.6 is 0 Å². The fourth-order valence-corrected chi connectivity index (χ4v) is 2.05. The largest absolute Gasteiger partial charge is 0.397 e. The maximum atomic E-state index is 10.7. The zero-order valence-electron chi connectivity index (χ0n) is 10.0. The molecule has 1 aliphatic carbocycles. The van der Waals surface area contributed by atoms with Crippen LogP contribution in [0.5, 0.6) is 0 Å². The third-order valence-corrected chi connectivity index (χ3v) is 3.55. The lowest BCUT2D eigenvalue weighted by atomic mass is 9.96. The van der Waals surface area contributed by atoms with Crippen molar-refractivity contribution in [3.8, 4) is 0 Å². The first-order valence-electron chi connectivity index (χ1n) is 5.75. The van der Waals surface area contributed by atoms with Crippen molar-refractivity contribution in [2.24, 2.45) is 0 Å². The Labute approximate surface area is 98.0 Å². The first-order valence-corrected chi connectivity index (χ1v) is 7.25. The topological polar surface area (TPSA) is 86.6 Å². The van der Waals surface area contributed by atoms with Crippen LogP contribution in [0.25, 0.3) is 0 Å². The summed E-state index contributed by atoms with van der Waals surface area (Å²) in [7, 11) is -3.91. The maximum Gasteiger partial charge on any atom is 0.280 e. The zero-order chi connectivity index (χ0) is 12.6. The first kappa shape index (κ1) is 15.8. The van der Waals surface area contributed by atoms with E-state index in [9.17, 15) is 8.42 Å². The summed E-state index contributed by atoms with van der Waals surface area (Å²) in [6, 6.07) is 0.255. The molecule has 0 radical (unpaired) electrons. The molecule has 3 N–H and O–H groups in total. The van der Waals surface area contributed by atoms with E-state index in [-0.39, 0.29) is 12.6 Å². The van der Waals surface area contributed by atoms with Gasteiger partial charge in [0.2, 0.25) is 0 Å². The summed E-state index contributed by atoms with van der Waals surface area (Å²) < 4.78 is 30.1. The van der Waals surface area contributed by atoms with Crippen molar-refractivity contribution in [1.29, 1.82) is 0 Å². The van der Waals surface area contributed by atoms with E-state index in [2.05, 4.69) is 5.32 Å². The van der Waals surface area contributed by atoms with Crippen LogP contribution in [0, 0.1) is 0 Å². The van der Waals surface area contributed by atoms with Gasteiger partial charge in [-0.3, -0.25) is 9.87 Å². The van der Waals surface area contributed by atoms with Crippen LogP contribution in [0.3, 0.4) is 0 Å². The highest BCUT2D eigenvalue weighted by Crippen LogP contribution is 2.18. The van der Waals surface area contributed by atoms with Gasteiger partial charge >= 0.3 is 0 Å². The standard InChI is InChI=1S/C8H17NO3S.C2H6O/c1-7(13(10,11)12)9-8-5-3-2-4-6-8;1-2-3/h7-9H,2-6H2,1H3,(H,10,11,12);3H,2H2,1H3. The molecule has 1 aliphatic rings. The highest BCUT2D eigenvalue weighted by atomic mass is 32.2. The summed E-state index contributed by atoms with van der Waals surface area (Å²) in [5.41, 5.74) is 0. The van der Waals surface area contributed by atoms with E-state index < -0.39 is 15.5 Å². The molecule has 6 heteroatoms. The molecular weight excluding hydrogens is 230 g/mol. The highest BCUT2D eigenvalue weighted by molar-refractivity contribution is 7.86. The van der Waals surface area contributed by atoms with Gasteiger partial charge in [-0.1, -0.05) is 19.3 Å². The van der Waals surface area contributed by atoms with Crippen LogP contribution in [-0.2, 0) is 10.1 Å². The number of aliphatic hydroxyl groups excluding tert-OH is 1. The minimum Gasteiger partial charge on any atom is -0.397 e. The van der Waals surface area contributed by atoms with Crippen LogP contribution in [0.4, 0.5) is 0 Å². The Morgan fingerprint density at radius 3 is 2.12 bits per heavy atom. The highest BCUT2D eigenvalue weighted by Gasteiger charge is 2.22. The lowest BCUT2D eigenvalue weighted by molar-refractivity contribution is 0.318. The van der Waals surface area contributed by atoms with Gasteiger partial charge in [0.1, 0.15) is 5.37 Å². The summed E-state index contributed by atoms with van der Waals surface area (Å²) in [6.45, 7) is 3.41. The summed E-state index contributed by atoms with van der Waals surface area (Å²) >= 11 is 0. The lowest BCUT2D eigenvalue weighted by Gasteiger charge is -2.25. The fourth-order valence-electron chi connectivity index (χ4n) is 1.69. The minimum absolute atomic E-state index is 0.250. The molecule has 0 spiro atoms.